The van der Waals surface area contributed by atoms with E-state index in [1.165, 1.54) is 0 Å². The SMILES string of the molecule is O=C(Nc1ccc(Oc2ccncc2)cc1)C(F)Cl.O=C(O)C(F)(F)F. The van der Waals surface area contributed by atoms with Gasteiger partial charge in [-0.15, -0.1) is 0 Å². The number of ether oxygens (including phenoxy) is 1. The van der Waals surface area contributed by atoms with Crippen molar-refractivity contribution < 1.29 is 37.0 Å². The largest absolute Gasteiger partial charge is 0.490 e. The first kappa shape index (κ1) is 21.2. The number of rotatable bonds is 4. The van der Waals surface area contributed by atoms with E-state index in [0.717, 1.165) is 0 Å². The van der Waals surface area contributed by atoms with E-state index in [1.807, 2.05) is 0 Å². The van der Waals surface area contributed by atoms with Gasteiger partial charge in [0.25, 0.3) is 11.5 Å². The van der Waals surface area contributed by atoms with E-state index in [0.29, 0.717) is 17.2 Å². The average molecular weight is 395 g/mol. The Kier molecular flexibility index (Phi) is 7.78. The monoisotopic (exact) mass is 394 g/mol. The number of carboxylic acids is 1. The van der Waals surface area contributed by atoms with Gasteiger partial charge in [0.1, 0.15) is 11.5 Å². The lowest BCUT2D eigenvalue weighted by Crippen LogP contribution is -2.21. The van der Waals surface area contributed by atoms with E-state index >= 15 is 0 Å². The number of nitrogens with one attached hydrogen (secondary N) is 1. The van der Waals surface area contributed by atoms with Crippen LogP contribution in [0.2, 0.25) is 0 Å². The highest BCUT2D eigenvalue weighted by atomic mass is 35.5. The Balaban J connectivity index is 0.000000412. The highest BCUT2D eigenvalue weighted by Crippen LogP contribution is 2.22. The van der Waals surface area contributed by atoms with Crippen LogP contribution in [-0.4, -0.2) is 33.8 Å². The molecule has 0 aliphatic heterocycles. The van der Waals surface area contributed by atoms with Gasteiger partial charge in [-0.2, -0.15) is 13.2 Å². The summed E-state index contributed by atoms with van der Waals surface area (Å²) in [6.45, 7) is 0. The molecule has 140 valence electrons. The number of hydrogen-bond acceptors (Lipinski definition) is 4. The van der Waals surface area contributed by atoms with E-state index in [2.05, 4.69) is 10.3 Å². The van der Waals surface area contributed by atoms with Crippen molar-refractivity contribution in [2.24, 2.45) is 0 Å². The third-order valence-electron chi connectivity index (χ3n) is 2.45. The minimum atomic E-state index is -5.08. The Morgan fingerprint density at radius 2 is 1.54 bits per heavy atom. The molecular weight excluding hydrogens is 384 g/mol. The molecule has 0 aliphatic rings. The smallest absolute Gasteiger partial charge is 0.475 e. The number of nitrogens with zero attached hydrogens (tertiary/aromatic N) is 1. The summed E-state index contributed by atoms with van der Waals surface area (Å²) >= 11 is 5.01. The Hall–Kier alpha value is -2.88. The number of aliphatic carboxylic acids is 1. The molecule has 1 aromatic heterocycles. The molecule has 0 aliphatic carbocycles. The van der Waals surface area contributed by atoms with Crippen LogP contribution >= 0.6 is 11.6 Å². The molecule has 0 saturated heterocycles. The molecule has 2 rings (SSSR count). The van der Waals surface area contributed by atoms with Crippen molar-refractivity contribution in [3.63, 3.8) is 0 Å². The van der Waals surface area contributed by atoms with Crippen LogP contribution in [0.5, 0.6) is 11.5 Å². The summed E-state index contributed by atoms with van der Waals surface area (Å²) in [5, 5.41) is 9.45. The van der Waals surface area contributed by atoms with Crippen molar-refractivity contribution in [2.45, 2.75) is 11.8 Å². The van der Waals surface area contributed by atoms with Crippen LogP contribution in [0.3, 0.4) is 0 Å². The zero-order valence-corrected chi connectivity index (χ0v) is 13.5. The molecule has 2 N–H and O–H groups in total. The standard InChI is InChI=1S/C13H10ClFN2O2.C2HF3O2/c14-12(15)13(18)17-9-1-3-10(4-2-9)19-11-5-7-16-8-6-11;3-2(4,5)1(6)7/h1-8,12H,(H,17,18);(H,6,7). The van der Waals surface area contributed by atoms with E-state index in [1.54, 1.807) is 48.8 Å². The van der Waals surface area contributed by atoms with Crippen LogP contribution in [0.4, 0.5) is 23.2 Å². The number of hydrogen-bond donors (Lipinski definition) is 2. The zero-order valence-electron chi connectivity index (χ0n) is 12.7. The summed E-state index contributed by atoms with van der Waals surface area (Å²) in [6, 6.07) is 9.92. The average Bonchev–Trinajstić information content (AvgIpc) is 2.57. The van der Waals surface area contributed by atoms with Gasteiger partial charge in [-0.25, -0.2) is 9.18 Å². The quantitative estimate of drug-likeness (QED) is 0.605. The number of aromatic nitrogens is 1. The normalized spacial score (nSPS) is 11.6. The second kappa shape index (κ2) is 9.56. The second-order valence-electron chi connectivity index (χ2n) is 4.40. The topological polar surface area (TPSA) is 88.5 Å². The predicted octanol–water partition coefficient (Wildman–Crippen LogP) is 3.98. The number of halogens is 5. The van der Waals surface area contributed by atoms with Crippen LogP contribution in [0.25, 0.3) is 0 Å². The van der Waals surface area contributed by atoms with E-state index in [-0.39, 0.29) is 0 Å². The molecule has 1 unspecified atom stereocenters. The number of carboxylic acid groups (broad SMARTS) is 1. The maximum atomic E-state index is 12.5. The van der Waals surface area contributed by atoms with Crippen molar-refractivity contribution in [3.8, 4) is 11.5 Å². The molecule has 11 heteroatoms. The predicted molar refractivity (Wildman–Crippen MR) is 83.8 cm³/mol. The van der Waals surface area contributed by atoms with E-state index in [4.69, 9.17) is 26.2 Å². The zero-order chi connectivity index (χ0) is 19.7. The fourth-order valence-corrected chi connectivity index (χ4v) is 1.40. The van der Waals surface area contributed by atoms with Crippen molar-refractivity contribution in [1.29, 1.82) is 0 Å². The first-order valence-corrected chi connectivity index (χ1v) is 7.10. The summed E-state index contributed by atoms with van der Waals surface area (Å²) < 4.78 is 49.7. The maximum Gasteiger partial charge on any atom is 0.490 e. The molecule has 1 heterocycles. The molecule has 2 aromatic rings. The number of benzene rings is 1. The number of amides is 1. The third kappa shape index (κ3) is 7.79. The summed E-state index contributed by atoms with van der Waals surface area (Å²) in [5.74, 6) is -2.42. The van der Waals surface area contributed by atoms with Crippen molar-refractivity contribution in [1.82, 2.24) is 4.98 Å². The fourth-order valence-electron chi connectivity index (χ4n) is 1.35. The fraction of sp³-hybridized carbons (Fsp3) is 0.133. The van der Waals surface area contributed by atoms with Crippen LogP contribution in [0, 0.1) is 0 Å². The number of carbonyl (C=O) groups is 2. The van der Waals surface area contributed by atoms with Crippen molar-refractivity contribution >= 4 is 29.2 Å². The molecule has 1 aromatic carbocycles. The van der Waals surface area contributed by atoms with Crippen LogP contribution < -0.4 is 10.1 Å². The number of pyridine rings is 1. The lowest BCUT2D eigenvalue weighted by atomic mass is 10.3. The van der Waals surface area contributed by atoms with Gasteiger partial charge in [0.05, 0.1) is 0 Å². The Bertz CT molecular complexity index is 725. The Morgan fingerprint density at radius 1 is 1.08 bits per heavy atom. The van der Waals surface area contributed by atoms with Gasteiger partial charge in [0.2, 0.25) is 0 Å². The van der Waals surface area contributed by atoms with Gasteiger partial charge in [-0.1, -0.05) is 11.6 Å². The van der Waals surface area contributed by atoms with Gasteiger partial charge in [-0.3, -0.25) is 9.78 Å². The molecule has 0 spiro atoms. The molecule has 0 radical (unpaired) electrons. The Labute approximate surface area is 149 Å². The van der Waals surface area contributed by atoms with Crippen molar-refractivity contribution in [3.05, 3.63) is 48.8 Å². The Morgan fingerprint density at radius 3 is 1.96 bits per heavy atom. The molecule has 0 saturated carbocycles. The van der Waals surface area contributed by atoms with Crippen LogP contribution in [0.1, 0.15) is 0 Å². The second-order valence-corrected chi connectivity index (χ2v) is 4.79. The van der Waals surface area contributed by atoms with Gasteiger partial charge >= 0.3 is 12.1 Å². The van der Waals surface area contributed by atoms with Crippen LogP contribution in [0.15, 0.2) is 48.8 Å². The molecule has 1 amide bonds. The molecule has 26 heavy (non-hydrogen) atoms. The molecule has 0 fully saturated rings. The number of alkyl halides is 5. The minimum absolute atomic E-state index is 0.440. The highest BCUT2D eigenvalue weighted by molar-refractivity contribution is 6.31. The minimum Gasteiger partial charge on any atom is -0.475 e. The summed E-state index contributed by atoms with van der Waals surface area (Å²) in [6.07, 6.45) is -1.85. The summed E-state index contributed by atoms with van der Waals surface area (Å²) in [7, 11) is 0. The maximum absolute atomic E-state index is 12.5. The van der Waals surface area contributed by atoms with Gasteiger partial charge in [0.15, 0.2) is 0 Å². The van der Waals surface area contributed by atoms with Gasteiger partial charge in [-0.05, 0) is 36.4 Å². The van der Waals surface area contributed by atoms with Gasteiger partial charge < -0.3 is 15.2 Å². The third-order valence-corrected chi connectivity index (χ3v) is 2.65. The van der Waals surface area contributed by atoms with Crippen LogP contribution in [-0.2, 0) is 9.59 Å². The molecule has 1 atom stereocenters. The van der Waals surface area contributed by atoms with Gasteiger partial charge in [0, 0.05) is 18.1 Å². The molecule has 6 nitrogen and oxygen atoms in total. The molecular formula is C15H11ClF4N2O4. The van der Waals surface area contributed by atoms with Crippen molar-refractivity contribution in [2.75, 3.05) is 5.32 Å². The summed E-state index contributed by atoms with van der Waals surface area (Å²) in [4.78, 5) is 23.8. The first-order chi connectivity index (χ1) is 12.1. The van der Waals surface area contributed by atoms with E-state index in [9.17, 15) is 22.4 Å². The lowest BCUT2D eigenvalue weighted by Gasteiger charge is -2.07. The summed E-state index contributed by atoms with van der Waals surface area (Å²) in [5.41, 5.74) is -1.62. The molecule has 0 bridgehead atoms. The van der Waals surface area contributed by atoms with E-state index < -0.39 is 23.7 Å². The number of anilines is 1. The highest BCUT2D eigenvalue weighted by Gasteiger charge is 2.38. The first-order valence-electron chi connectivity index (χ1n) is 6.66. The lowest BCUT2D eigenvalue weighted by molar-refractivity contribution is -0.192. The number of carbonyl (C=O) groups excluding carboxylic acids is 1.